The number of benzene rings is 1. The quantitative estimate of drug-likeness (QED) is 0.817. The zero-order valence-corrected chi connectivity index (χ0v) is 12.9. The number of carbonyl (C=O) groups excluding carboxylic acids is 2. The number of nitrogens with zero attached hydrogens (tertiary/aromatic N) is 2. The molecule has 7 heteroatoms. The Morgan fingerprint density at radius 2 is 2.14 bits per heavy atom. The molecule has 1 aliphatic rings. The molecule has 1 unspecified atom stereocenters. The molecule has 1 aliphatic heterocycles. The Labute approximate surface area is 128 Å². The molecule has 0 saturated carbocycles. The largest absolute Gasteiger partial charge is 0.399 e. The van der Waals surface area contributed by atoms with Gasteiger partial charge >= 0.3 is 0 Å². The first-order valence-electron chi connectivity index (χ1n) is 6.72. The van der Waals surface area contributed by atoms with Crippen LogP contribution >= 0.6 is 11.6 Å². The Kier molecular flexibility index (Phi) is 4.69. The Hall–Kier alpha value is -1.79. The molecule has 0 bridgehead atoms. The number of nitrogen functional groups attached to an aromatic ring is 1. The summed E-state index contributed by atoms with van der Waals surface area (Å²) in [5.74, 6) is -0.176. The van der Waals surface area contributed by atoms with Gasteiger partial charge in [0.25, 0.3) is 0 Å². The van der Waals surface area contributed by atoms with Gasteiger partial charge in [-0.05, 0) is 25.1 Å². The topological polar surface area (TPSA) is 78.7 Å². The molecule has 2 amide bonds. The standard InChI is InChI=1S/C14H19ClN4O2/c1-9(19-6-5-18(2)13(20)8-19)14(21)17-12-4-3-10(16)7-11(12)15/h3-4,7,9H,5-6,8,16H2,1-2H3,(H,17,21). The Bertz CT molecular complexity index is 564. The lowest BCUT2D eigenvalue weighted by atomic mass is 10.2. The number of hydrogen-bond donors (Lipinski definition) is 2. The fraction of sp³-hybridized carbons (Fsp3) is 0.429. The molecule has 2 rings (SSSR count). The number of anilines is 2. The number of piperazine rings is 1. The van der Waals surface area contributed by atoms with E-state index in [0.717, 1.165) is 0 Å². The number of likely N-dealkylation sites (N-methyl/N-ethyl adjacent to an activating group) is 1. The molecule has 1 atom stereocenters. The van der Waals surface area contributed by atoms with E-state index in [2.05, 4.69) is 5.32 Å². The second-order valence-electron chi connectivity index (χ2n) is 5.19. The van der Waals surface area contributed by atoms with E-state index in [0.29, 0.717) is 29.5 Å². The van der Waals surface area contributed by atoms with Crippen molar-refractivity contribution in [3.63, 3.8) is 0 Å². The van der Waals surface area contributed by atoms with Crippen LogP contribution in [0.2, 0.25) is 5.02 Å². The summed E-state index contributed by atoms with van der Waals surface area (Å²) < 4.78 is 0. The van der Waals surface area contributed by atoms with Crippen molar-refractivity contribution in [2.24, 2.45) is 0 Å². The number of nitrogens with two attached hydrogens (primary N) is 1. The van der Waals surface area contributed by atoms with Gasteiger partial charge in [-0.1, -0.05) is 11.6 Å². The third kappa shape index (κ3) is 3.65. The summed E-state index contributed by atoms with van der Waals surface area (Å²) in [7, 11) is 1.76. The maximum absolute atomic E-state index is 12.3. The van der Waals surface area contributed by atoms with E-state index in [1.165, 1.54) is 0 Å². The summed E-state index contributed by atoms with van der Waals surface area (Å²) in [6.45, 7) is 3.32. The number of rotatable bonds is 3. The van der Waals surface area contributed by atoms with Crippen LogP contribution in [0.5, 0.6) is 0 Å². The summed E-state index contributed by atoms with van der Waals surface area (Å²) in [6.07, 6.45) is 0. The van der Waals surface area contributed by atoms with Crippen LogP contribution in [0.3, 0.4) is 0 Å². The van der Waals surface area contributed by atoms with Gasteiger partial charge in [0.05, 0.1) is 23.3 Å². The molecule has 1 fully saturated rings. The fourth-order valence-electron chi connectivity index (χ4n) is 2.14. The third-order valence-electron chi connectivity index (χ3n) is 3.66. The van der Waals surface area contributed by atoms with Crippen molar-refractivity contribution in [3.8, 4) is 0 Å². The number of nitrogens with one attached hydrogen (secondary N) is 1. The summed E-state index contributed by atoms with van der Waals surface area (Å²) in [5, 5.41) is 3.16. The molecule has 1 aromatic carbocycles. The Balaban J connectivity index is 2.01. The van der Waals surface area contributed by atoms with E-state index >= 15 is 0 Å². The lowest BCUT2D eigenvalue weighted by Gasteiger charge is -2.35. The minimum absolute atomic E-state index is 0.0198. The van der Waals surface area contributed by atoms with Crippen LogP contribution in [-0.4, -0.2) is 54.3 Å². The van der Waals surface area contributed by atoms with E-state index in [-0.39, 0.29) is 18.4 Å². The van der Waals surface area contributed by atoms with E-state index in [4.69, 9.17) is 17.3 Å². The molecule has 0 spiro atoms. The second kappa shape index (κ2) is 6.32. The number of amides is 2. The predicted octanol–water partition coefficient (Wildman–Crippen LogP) is 1.02. The van der Waals surface area contributed by atoms with E-state index in [1.807, 2.05) is 4.90 Å². The van der Waals surface area contributed by atoms with Crippen molar-refractivity contribution >= 4 is 34.8 Å². The van der Waals surface area contributed by atoms with Crippen LogP contribution in [-0.2, 0) is 9.59 Å². The van der Waals surface area contributed by atoms with Crippen molar-refractivity contribution in [2.45, 2.75) is 13.0 Å². The molecular formula is C14H19ClN4O2. The van der Waals surface area contributed by atoms with Crippen LogP contribution in [0.4, 0.5) is 11.4 Å². The maximum Gasteiger partial charge on any atom is 0.241 e. The summed E-state index contributed by atoms with van der Waals surface area (Å²) >= 11 is 6.04. The van der Waals surface area contributed by atoms with Gasteiger partial charge in [0.15, 0.2) is 0 Å². The molecule has 6 nitrogen and oxygen atoms in total. The molecule has 0 aromatic heterocycles. The van der Waals surface area contributed by atoms with Gasteiger partial charge in [-0.3, -0.25) is 14.5 Å². The number of carbonyl (C=O) groups is 2. The first-order chi connectivity index (χ1) is 9.88. The zero-order chi connectivity index (χ0) is 15.6. The predicted molar refractivity (Wildman–Crippen MR) is 83.2 cm³/mol. The SMILES string of the molecule is CC(C(=O)Nc1ccc(N)cc1Cl)N1CCN(C)C(=O)C1. The van der Waals surface area contributed by atoms with Gasteiger partial charge in [0.2, 0.25) is 11.8 Å². The van der Waals surface area contributed by atoms with Crippen LogP contribution in [0.15, 0.2) is 18.2 Å². The molecule has 1 heterocycles. The first-order valence-corrected chi connectivity index (χ1v) is 7.10. The third-order valence-corrected chi connectivity index (χ3v) is 3.98. The van der Waals surface area contributed by atoms with Crippen LogP contribution in [0, 0.1) is 0 Å². The summed E-state index contributed by atoms with van der Waals surface area (Å²) in [4.78, 5) is 27.5. The van der Waals surface area contributed by atoms with E-state index in [1.54, 1.807) is 37.1 Å². The molecule has 0 radical (unpaired) electrons. The molecule has 0 aliphatic carbocycles. The van der Waals surface area contributed by atoms with Gasteiger partial charge in [0, 0.05) is 25.8 Å². The highest BCUT2D eigenvalue weighted by Gasteiger charge is 2.28. The lowest BCUT2D eigenvalue weighted by Crippen LogP contribution is -2.54. The van der Waals surface area contributed by atoms with Crippen molar-refractivity contribution in [2.75, 3.05) is 37.7 Å². The average Bonchev–Trinajstić information content (AvgIpc) is 2.44. The molecule has 21 heavy (non-hydrogen) atoms. The van der Waals surface area contributed by atoms with Gasteiger partial charge in [-0.2, -0.15) is 0 Å². The number of halogens is 1. The normalized spacial score (nSPS) is 17.7. The maximum atomic E-state index is 12.3. The second-order valence-corrected chi connectivity index (χ2v) is 5.60. The van der Waals surface area contributed by atoms with Crippen molar-refractivity contribution in [1.82, 2.24) is 9.80 Å². The molecular weight excluding hydrogens is 292 g/mol. The van der Waals surface area contributed by atoms with E-state index in [9.17, 15) is 9.59 Å². The van der Waals surface area contributed by atoms with Gasteiger partial charge in [0.1, 0.15) is 0 Å². The Morgan fingerprint density at radius 1 is 1.43 bits per heavy atom. The highest BCUT2D eigenvalue weighted by atomic mass is 35.5. The molecule has 1 saturated heterocycles. The lowest BCUT2D eigenvalue weighted by molar-refractivity contribution is -0.136. The zero-order valence-electron chi connectivity index (χ0n) is 12.1. The van der Waals surface area contributed by atoms with Crippen molar-refractivity contribution in [1.29, 1.82) is 0 Å². The molecule has 3 N–H and O–H groups in total. The number of hydrogen-bond acceptors (Lipinski definition) is 4. The van der Waals surface area contributed by atoms with Crippen LogP contribution in [0.25, 0.3) is 0 Å². The van der Waals surface area contributed by atoms with Crippen molar-refractivity contribution < 1.29 is 9.59 Å². The van der Waals surface area contributed by atoms with Gasteiger partial charge in [-0.15, -0.1) is 0 Å². The Morgan fingerprint density at radius 3 is 2.76 bits per heavy atom. The highest BCUT2D eigenvalue weighted by Crippen LogP contribution is 2.24. The minimum atomic E-state index is -0.406. The summed E-state index contributed by atoms with van der Waals surface area (Å²) in [5.41, 5.74) is 6.67. The molecule has 114 valence electrons. The highest BCUT2D eigenvalue weighted by molar-refractivity contribution is 6.34. The summed E-state index contributed by atoms with van der Waals surface area (Å²) in [6, 6.07) is 4.51. The van der Waals surface area contributed by atoms with E-state index < -0.39 is 6.04 Å². The average molecular weight is 311 g/mol. The smallest absolute Gasteiger partial charge is 0.241 e. The van der Waals surface area contributed by atoms with Gasteiger partial charge < -0.3 is 16.0 Å². The fourth-order valence-corrected chi connectivity index (χ4v) is 2.38. The minimum Gasteiger partial charge on any atom is -0.399 e. The van der Waals surface area contributed by atoms with Crippen LogP contribution in [0.1, 0.15) is 6.92 Å². The van der Waals surface area contributed by atoms with Crippen molar-refractivity contribution in [3.05, 3.63) is 23.2 Å². The molecule has 1 aromatic rings. The van der Waals surface area contributed by atoms with Gasteiger partial charge in [-0.25, -0.2) is 0 Å². The first kappa shape index (κ1) is 15.6. The van der Waals surface area contributed by atoms with Crippen LogP contribution < -0.4 is 11.1 Å². The monoisotopic (exact) mass is 310 g/mol.